The Labute approximate surface area is 115 Å². The minimum atomic E-state index is -0.501. The van der Waals surface area contributed by atoms with E-state index in [0.29, 0.717) is 17.7 Å². The molecule has 1 fully saturated rings. The molecule has 2 N–H and O–H groups in total. The minimum Gasteiger partial charge on any atom is -0.357 e. The summed E-state index contributed by atoms with van der Waals surface area (Å²) >= 11 is 1.39. The number of benzene rings is 1. The van der Waals surface area contributed by atoms with Gasteiger partial charge in [0.15, 0.2) is 0 Å². The van der Waals surface area contributed by atoms with Crippen LogP contribution in [0, 0.1) is 5.82 Å². The first-order valence-corrected chi connectivity index (χ1v) is 7.03. The van der Waals surface area contributed by atoms with Gasteiger partial charge in [-0.3, -0.25) is 9.59 Å². The van der Waals surface area contributed by atoms with Crippen LogP contribution in [0.4, 0.5) is 4.39 Å². The third-order valence-electron chi connectivity index (χ3n) is 3.00. The third kappa shape index (κ3) is 3.26. The van der Waals surface area contributed by atoms with Crippen molar-refractivity contribution in [3.63, 3.8) is 0 Å². The van der Waals surface area contributed by atoms with Gasteiger partial charge in [0, 0.05) is 12.8 Å². The van der Waals surface area contributed by atoms with E-state index in [2.05, 4.69) is 10.6 Å². The molecule has 2 rings (SSSR count). The maximum Gasteiger partial charge on any atom is 0.243 e. The first kappa shape index (κ1) is 13.9. The van der Waals surface area contributed by atoms with Gasteiger partial charge in [0.1, 0.15) is 11.9 Å². The predicted octanol–water partition coefficient (Wildman–Crippen LogP) is 0.714. The number of nitrogens with one attached hydrogen (secondary N) is 2. The van der Waals surface area contributed by atoms with E-state index in [1.54, 1.807) is 18.2 Å². The Hall–Kier alpha value is -1.56. The fourth-order valence-electron chi connectivity index (χ4n) is 1.93. The summed E-state index contributed by atoms with van der Waals surface area (Å²) in [6.07, 6.45) is 0.337. The van der Waals surface area contributed by atoms with Crippen LogP contribution >= 0.6 is 11.8 Å². The zero-order chi connectivity index (χ0) is 13.8. The van der Waals surface area contributed by atoms with Gasteiger partial charge in [-0.1, -0.05) is 18.2 Å². The normalized spacial score (nSPS) is 22.7. The molecular formula is C13H15FN2O2S. The molecule has 1 aromatic rings. The minimum absolute atomic E-state index is 0.204. The SMILES string of the molecule is CNC(=O)[C@H]1CS[C@@H](Cc2ccccc2F)C(=O)N1. The highest BCUT2D eigenvalue weighted by Gasteiger charge is 2.32. The molecule has 2 atom stereocenters. The van der Waals surface area contributed by atoms with E-state index in [1.165, 1.54) is 24.9 Å². The maximum atomic E-state index is 13.5. The van der Waals surface area contributed by atoms with Crippen molar-refractivity contribution in [2.45, 2.75) is 17.7 Å². The first-order chi connectivity index (χ1) is 9.11. The van der Waals surface area contributed by atoms with Crippen molar-refractivity contribution in [1.82, 2.24) is 10.6 Å². The van der Waals surface area contributed by atoms with Crippen LogP contribution in [-0.2, 0) is 16.0 Å². The molecule has 1 saturated heterocycles. The molecule has 0 saturated carbocycles. The van der Waals surface area contributed by atoms with Crippen LogP contribution in [0.15, 0.2) is 24.3 Å². The molecule has 1 heterocycles. The molecule has 0 radical (unpaired) electrons. The number of likely N-dealkylation sites (N-methyl/N-ethyl adjacent to an activating group) is 1. The largest absolute Gasteiger partial charge is 0.357 e. The van der Waals surface area contributed by atoms with E-state index in [-0.39, 0.29) is 22.9 Å². The molecule has 1 aliphatic heterocycles. The number of rotatable bonds is 3. The van der Waals surface area contributed by atoms with Crippen molar-refractivity contribution in [2.75, 3.05) is 12.8 Å². The summed E-state index contributed by atoms with van der Waals surface area (Å²) in [6.45, 7) is 0. The summed E-state index contributed by atoms with van der Waals surface area (Å²) in [5, 5.41) is 4.82. The molecule has 0 aliphatic carbocycles. The van der Waals surface area contributed by atoms with Crippen LogP contribution in [0.1, 0.15) is 5.56 Å². The van der Waals surface area contributed by atoms with E-state index < -0.39 is 6.04 Å². The van der Waals surface area contributed by atoms with Gasteiger partial charge in [0.25, 0.3) is 0 Å². The predicted molar refractivity (Wildman–Crippen MR) is 72.3 cm³/mol. The molecule has 0 spiro atoms. The Bertz CT molecular complexity index is 495. The van der Waals surface area contributed by atoms with Gasteiger partial charge in [-0.2, -0.15) is 0 Å². The topological polar surface area (TPSA) is 58.2 Å². The number of carbonyl (C=O) groups is 2. The van der Waals surface area contributed by atoms with Crippen molar-refractivity contribution >= 4 is 23.6 Å². The maximum absolute atomic E-state index is 13.5. The molecule has 0 aromatic heterocycles. The van der Waals surface area contributed by atoms with E-state index >= 15 is 0 Å². The monoisotopic (exact) mass is 282 g/mol. The van der Waals surface area contributed by atoms with Crippen LogP contribution in [0.3, 0.4) is 0 Å². The molecule has 1 aliphatic rings. The Morgan fingerprint density at radius 2 is 2.26 bits per heavy atom. The summed E-state index contributed by atoms with van der Waals surface area (Å²) in [5.41, 5.74) is 0.522. The highest BCUT2D eigenvalue weighted by Crippen LogP contribution is 2.23. The lowest BCUT2D eigenvalue weighted by Gasteiger charge is -2.27. The Morgan fingerprint density at radius 3 is 2.89 bits per heavy atom. The fourth-order valence-corrected chi connectivity index (χ4v) is 3.10. The van der Waals surface area contributed by atoms with Crippen molar-refractivity contribution in [3.8, 4) is 0 Å². The Kier molecular flexibility index (Phi) is 4.42. The summed E-state index contributed by atoms with van der Waals surface area (Å²) in [4.78, 5) is 23.3. The van der Waals surface area contributed by atoms with E-state index in [9.17, 15) is 14.0 Å². The second-order valence-electron chi connectivity index (χ2n) is 4.29. The van der Waals surface area contributed by atoms with E-state index in [4.69, 9.17) is 0 Å². The number of halogens is 1. The van der Waals surface area contributed by atoms with E-state index in [0.717, 1.165) is 0 Å². The van der Waals surface area contributed by atoms with Gasteiger partial charge in [0.2, 0.25) is 11.8 Å². The second kappa shape index (κ2) is 6.06. The Balaban J connectivity index is 1.99. The quantitative estimate of drug-likeness (QED) is 0.858. The lowest BCUT2D eigenvalue weighted by Crippen LogP contribution is -2.53. The lowest BCUT2D eigenvalue weighted by molar-refractivity contribution is -0.128. The highest BCUT2D eigenvalue weighted by atomic mass is 32.2. The molecule has 1 aromatic carbocycles. The van der Waals surface area contributed by atoms with Crippen molar-refractivity contribution in [1.29, 1.82) is 0 Å². The van der Waals surface area contributed by atoms with Crippen LogP contribution in [0.25, 0.3) is 0 Å². The Morgan fingerprint density at radius 1 is 1.53 bits per heavy atom. The fraction of sp³-hybridized carbons (Fsp3) is 0.385. The van der Waals surface area contributed by atoms with Gasteiger partial charge in [0.05, 0.1) is 5.25 Å². The summed E-state index contributed by atoms with van der Waals surface area (Å²) < 4.78 is 13.5. The smallest absolute Gasteiger partial charge is 0.243 e. The van der Waals surface area contributed by atoms with Crippen molar-refractivity contribution in [3.05, 3.63) is 35.6 Å². The number of hydrogen-bond acceptors (Lipinski definition) is 3. The lowest BCUT2D eigenvalue weighted by atomic mass is 10.1. The molecule has 4 nitrogen and oxygen atoms in total. The first-order valence-electron chi connectivity index (χ1n) is 5.99. The summed E-state index contributed by atoms with van der Waals surface area (Å²) in [7, 11) is 1.53. The zero-order valence-corrected chi connectivity index (χ0v) is 11.3. The molecule has 19 heavy (non-hydrogen) atoms. The molecule has 0 bridgehead atoms. The zero-order valence-electron chi connectivity index (χ0n) is 10.5. The second-order valence-corrected chi connectivity index (χ2v) is 5.53. The number of carbonyl (C=O) groups excluding carboxylic acids is 2. The van der Waals surface area contributed by atoms with Crippen molar-refractivity contribution < 1.29 is 14.0 Å². The average molecular weight is 282 g/mol. The summed E-state index contributed by atoms with van der Waals surface area (Å²) in [5.74, 6) is -0.215. The molecule has 0 unspecified atom stereocenters. The van der Waals surface area contributed by atoms with Crippen LogP contribution in [0.5, 0.6) is 0 Å². The summed E-state index contributed by atoms with van der Waals surface area (Å²) in [6, 6.07) is 5.92. The number of thioether (sulfide) groups is 1. The van der Waals surface area contributed by atoms with Gasteiger partial charge in [-0.15, -0.1) is 11.8 Å². The number of hydrogen-bond donors (Lipinski definition) is 2. The van der Waals surface area contributed by atoms with Gasteiger partial charge < -0.3 is 10.6 Å². The highest BCUT2D eigenvalue weighted by molar-refractivity contribution is 8.00. The average Bonchev–Trinajstić information content (AvgIpc) is 2.42. The van der Waals surface area contributed by atoms with Gasteiger partial charge in [-0.05, 0) is 18.1 Å². The molecule has 102 valence electrons. The molecule has 2 amide bonds. The van der Waals surface area contributed by atoms with Crippen LogP contribution in [-0.4, -0.2) is 35.9 Å². The van der Waals surface area contributed by atoms with E-state index in [1.807, 2.05) is 0 Å². The van der Waals surface area contributed by atoms with Crippen LogP contribution < -0.4 is 10.6 Å². The molecule has 6 heteroatoms. The van der Waals surface area contributed by atoms with Gasteiger partial charge >= 0.3 is 0 Å². The number of amides is 2. The van der Waals surface area contributed by atoms with Gasteiger partial charge in [-0.25, -0.2) is 4.39 Å². The third-order valence-corrected chi connectivity index (χ3v) is 4.31. The van der Waals surface area contributed by atoms with Crippen LogP contribution in [0.2, 0.25) is 0 Å². The standard InChI is InChI=1S/C13H15FN2O2S/c1-15-12(17)10-7-19-11(13(18)16-10)6-8-4-2-3-5-9(8)14/h2-5,10-11H,6-7H2,1H3,(H,15,17)(H,16,18)/t10-,11+/m1/s1. The van der Waals surface area contributed by atoms with Crippen molar-refractivity contribution in [2.24, 2.45) is 0 Å². The molecular weight excluding hydrogens is 267 g/mol.